The van der Waals surface area contributed by atoms with Crippen molar-refractivity contribution in [2.45, 2.75) is 18.8 Å². The standard InChI is InChI=1S/C14H17F3N2O3/c1-21-10-3-2-9(11(6-10)14(15,16)17)7-19-13(20)12-8-18-4-5-22-12/h2-3,6,12,18H,4-5,7-8H2,1H3,(H,19,20). The van der Waals surface area contributed by atoms with Gasteiger partial charge in [-0.1, -0.05) is 6.07 Å². The molecule has 0 aliphatic carbocycles. The number of amides is 1. The van der Waals surface area contributed by atoms with Crippen LogP contribution >= 0.6 is 0 Å². The minimum absolute atomic E-state index is 0.0228. The van der Waals surface area contributed by atoms with E-state index in [0.29, 0.717) is 19.7 Å². The summed E-state index contributed by atoms with van der Waals surface area (Å²) in [4.78, 5) is 11.9. The summed E-state index contributed by atoms with van der Waals surface area (Å²) < 4.78 is 49.2. The molecular weight excluding hydrogens is 301 g/mol. The molecule has 1 aromatic rings. The number of rotatable bonds is 4. The number of carbonyl (C=O) groups is 1. The summed E-state index contributed by atoms with van der Waals surface area (Å²) >= 11 is 0. The van der Waals surface area contributed by atoms with Crippen LogP contribution in [0.3, 0.4) is 0 Å². The second-order valence-electron chi connectivity index (χ2n) is 4.80. The van der Waals surface area contributed by atoms with Crippen LogP contribution in [-0.4, -0.2) is 38.8 Å². The highest BCUT2D eigenvalue weighted by molar-refractivity contribution is 5.81. The van der Waals surface area contributed by atoms with Gasteiger partial charge in [0.2, 0.25) is 0 Å². The summed E-state index contributed by atoms with van der Waals surface area (Å²) in [6.07, 6.45) is -5.20. The molecule has 1 aliphatic heterocycles. The first-order valence-electron chi connectivity index (χ1n) is 6.76. The first kappa shape index (κ1) is 16.6. The van der Waals surface area contributed by atoms with Crippen LogP contribution in [0.2, 0.25) is 0 Å². The topological polar surface area (TPSA) is 59.6 Å². The molecule has 0 radical (unpaired) electrons. The van der Waals surface area contributed by atoms with E-state index in [1.54, 1.807) is 0 Å². The normalized spacial score (nSPS) is 18.8. The van der Waals surface area contributed by atoms with Crippen molar-refractivity contribution >= 4 is 5.91 Å². The molecule has 1 amide bonds. The largest absolute Gasteiger partial charge is 0.497 e. The minimum atomic E-state index is -4.52. The lowest BCUT2D eigenvalue weighted by Crippen LogP contribution is -2.47. The molecule has 0 aromatic heterocycles. The van der Waals surface area contributed by atoms with E-state index in [1.807, 2.05) is 0 Å². The first-order valence-corrected chi connectivity index (χ1v) is 6.76. The van der Waals surface area contributed by atoms with Gasteiger partial charge in [-0.05, 0) is 17.7 Å². The van der Waals surface area contributed by atoms with Gasteiger partial charge in [0.25, 0.3) is 5.91 Å². The molecule has 0 spiro atoms. The third-order valence-corrected chi connectivity index (χ3v) is 3.30. The summed E-state index contributed by atoms with van der Waals surface area (Å²) in [5.74, 6) is -0.321. The Morgan fingerprint density at radius 1 is 1.50 bits per heavy atom. The predicted octanol–water partition coefficient (Wildman–Crippen LogP) is 1.32. The van der Waals surface area contributed by atoms with E-state index in [9.17, 15) is 18.0 Å². The molecule has 1 heterocycles. The van der Waals surface area contributed by atoms with Gasteiger partial charge in [-0.15, -0.1) is 0 Å². The molecule has 5 nitrogen and oxygen atoms in total. The molecule has 1 aliphatic rings. The molecule has 1 unspecified atom stereocenters. The van der Waals surface area contributed by atoms with Gasteiger partial charge in [0.15, 0.2) is 0 Å². The van der Waals surface area contributed by atoms with Crippen LogP contribution in [0.5, 0.6) is 5.75 Å². The average molecular weight is 318 g/mol. The maximum Gasteiger partial charge on any atom is 0.416 e. The fourth-order valence-electron chi connectivity index (χ4n) is 2.13. The minimum Gasteiger partial charge on any atom is -0.497 e. The van der Waals surface area contributed by atoms with E-state index in [-0.39, 0.29) is 17.9 Å². The average Bonchev–Trinajstić information content (AvgIpc) is 2.52. The summed E-state index contributed by atoms with van der Waals surface area (Å²) in [5, 5.41) is 5.46. The van der Waals surface area contributed by atoms with Crippen LogP contribution < -0.4 is 15.4 Å². The number of methoxy groups -OCH3 is 1. The third kappa shape index (κ3) is 4.11. The van der Waals surface area contributed by atoms with Gasteiger partial charge < -0.3 is 20.1 Å². The molecule has 22 heavy (non-hydrogen) atoms. The number of benzene rings is 1. The molecule has 1 atom stereocenters. The van der Waals surface area contributed by atoms with Crippen LogP contribution in [0.4, 0.5) is 13.2 Å². The van der Waals surface area contributed by atoms with Crippen LogP contribution in [-0.2, 0) is 22.3 Å². The highest BCUT2D eigenvalue weighted by Gasteiger charge is 2.34. The number of hydrogen-bond donors (Lipinski definition) is 2. The van der Waals surface area contributed by atoms with Crippen molar-refractivity contribution in [3.63, 3.8) is 0 Å². The second kappa shape index (κ2) is 6.97. The molecule has 1 saturated heterocycles. The molecular formula is C14H17F3N2O3. The van der Waals surface area contributed by atoms with E-state index in [2.05, 4.69) is 10.6 Å². The quantitative estimate of drug-likeness (QED) is 0.879. The van der Waals surface area contributed by atoms with Gasteiger partial charge in [-0.2, -0.15) is 13.2 Å². The van der Waals surface area contributed by atoms with Crippen molar-refractivity contribution in [2.24, 2.45) is 0 Å². The zero-order chi connectivity index (χ0) is 16.2. The molecule has 122 valence electrons. The first-order chi connectivity index (χ1) is 10.4. The fourth-order valence-corrected chi connectivity index (χ4v) is 2.13. The number of ether oxygens (including phenoxy) is 2. The van der Waals surface area contributed by atoms with Crippen LogP contribution in [0.25, 0.3) is 0 Å². The van der Waals surface area contributed by atoms with Crippen LogP contribution in [0.1, 0.15) is 11.1 Å². The summed E-state index contributed by atoms with van der Waals surface area (Å²) in [5.41, 5.74) is -0.847. The van der Waals surface area contributed by atoms with Gasteiger partial charge in [0.05, 0.1) is 19.3 Å². The molecule has 1 aromatic carbocycles. The van der Waals surface area contributed by atoms with E-state index in [4.69, 9.17) is 9.47 Å². The lowest BCUT2D eigenvalue weighted by atomic mass is 10.1. The number of carbonyl (C=O) groups excluding carboxylic acids is 1. The Labute approximate surface area is 125 Å². The number of nitrogens with one attached hydrogen (secondary N) is 2. The Morgan fingerprint density at radius 3 is 2.86 bits per heavy atom. The number of hydrogen-bond acceptors (Lipinski definition) is 4. The SMILES string of the molecule is COc1ccc(CNC(=O)C2CNCCO2)c(C(F)(F)F)c1. The molecule has 0 bridgehead atoms. The number of halogens is 3. The third-order valence-electron chi connectivity index (χ3n) is 3.30. The lowest BCUT2D eigenvalue weighted by molar-refractivity contribution is -0.139. The Balaban J connectivity index is 2.07. The Hall–Kier alpha value is -1.80. The summed E-state index contributed by atoms with van der Waals surface area (Å²) in [6, 6.07) is 3.64. The maximum atomic E-state index is 13.0. The fraction of sp³-hybridized carbons (Fsp3) is 0.500. The maximum absolute atomic E-state index is 13.0. The zero-order valence-corrected chi connectivity index (χ0v) is 12.0. The highest BCUT2D eigenvalue weighted by Crippen LogP contribution is 2.34. The van der Waals surface area contributed by atoms with Gasteiger partial charge in [-0.3, -0.25) is 4.79 Å². The van der Waals surface area contributed by atoms with E-state index in [0.717, 1.165) is 6.07 Å². The van der Waals surface area contributed by atoms with Crippen molar-refractivity contribution in [3.05, 3.63) is 29.3 Å². The van der Waals surface area contributed by atoms with Gasteiger partial charge >= 0.3 is 6.18 Å². The van der Waals surface area contributed by atoms with Crippen molar-refractivity contribution in [1.29, 1.82) is 0 Å². The van der Waals surface area contributed by atoms with E-state index in [1.165, 1.54) is 19.2 Å². The molecule has 2 rings (SSSR count). The smallest absolute Gasteiger partial charge is 0.416 e. The Morgan fingerprint density at radius 2 is 2.27 bits per heavy atom. The Bertz CT molecular complexity index is 529. The monoisotopic (exact) mass is 318 g/mol. The van der Waals surface area contributed by atoms with Crippen molar-refractivity contribution in [1.82, 2.24) is 10.6 Å². The van der Waals surface area contributed by atoms with Gasteiger partial charge in [0, 0.05) is 19.6 Å². The zero-order valence-electron chi connectivity index (χ0n) is 12.0. The predicted molar refractivity (Wildman–Crippen MR) is 72.5 cm³/mol. The summed E-state index contributed by atoms with van der Waals surface area (Å²) in [7, 11) is 1.30. The van der Waals surface area contributed by atoms with Crippen molar-refractivity contribution < 1.29 is 27.4 Å². The lowest BCUT2D eigenvalue weighted by Gasteiger charge is -2.23. The molecule has 2 N–H and O–H groups in total. The van der Waals surface area contributed by atoms with Crippen LogP contribution in [0, 0.1) is 0 Å². The number of morpholine rings is 1. The highest BCUT2D eigenvalue weighted by atomic mass is 19.4. The second-order valence-corrected chi connectivity index (χ2v) is 4.80. The molecule has 1 fully saturated rings. The number of alkyl halides is 3. The van der Waals surface area contributed by atoms with E-state index >= 15 is 0 Å². The van der Waals surface area contributed by atoms with Gasteiger partial charge in [0.1, 0.15) is 11.9 Å². The van der Waals surface area contributed by atoms with Crippen LogP contribution in [0.15, 0.2) is 18.2 Å². The summed E-state index contributed by atoms with van der Waals surface area (Å²) in [6.45, 7) is 1.17. The molecule has 8 heteroatoms. The molecule has 0 saturated carbocycles. The van der Waals surface area contributed by atoms with Crippen molar-refractivity contribution in [2.75, 3.05) is 26.8 Å². The Kier molecular flexibility index (Phi) is 5.25. The van der Waals surface area contributed by atoms with E-state index < -0.39 is 23.8 Å². The van der Waals surface area contributed by atoms with Gasteiger partial charge in [-0.25, -0.2) is 0 Å². The van der Waals surface area contributed by atoms with Crippen molar-refractivity contribution in [3.8, 4) is 5.75 Å².